The lowest BCUT2D eigenvalue weighted by Crippen LogP contribution is -2.30. The van der Waals surface area contributed by atoms with E-state index in [2.05, 4.69) is 5.32 Å². The number of nitrogens with two attached hydrogens (primary N) is 1. The Bertz CT molecular complexity index is 480. The monoisotopic (exact) mass is 268 g/mol. The number of hydrogen-bond acceptors (Lipinski definition) is 4. The van der Waals surface area contributed by atoms with Crippen molar-refractivity contribution in [3.63, 3.8) is 0 Å². The van der Waals surface area contributed by atoms with Crippen LogP contribution in [0.4, 0.5) is 11.4 Å². The molecule has 0 aliphatic carbocycles. The number of nitrogen functional groups attached to an aromatic ring is 1. The molecule has 1 aromatic carbocycles. The van der Waals surface area contributed by atoms with E-state index in [9.17, 15) is 9.00 Å². The molecular formula is C12H16N2O3S. The van der Waals surface area contributed by atoms with Crippen molar-refractivity contribution in [2.24, 2.45) is 0 Å². The van der Waals surface area contributed by atoms with Gasteiger partial charge in [0.2, 0.25) is 0 Å². The maximum absolute atomic E-state index is 11.3. The lowest BCUT2D eigenvalue weighted by atomic mass is 10.1. The summed E-state index contributed by atoms with van der Waals surface area (Å²) in [7, 11) is -0.718. The van der Waals surface area contributed by atoms with Gasteiger partial charge in [0.1, 0.15) is 0 Å². The van der Waals surface area contributed by atoms with Crippen molar-refractivity contribution in [1.29, 1.82) is 0 Å². The first kappa shape index (κ1) is 12.9. The van der Waals surface area contributed by atoms with E-state index in [0.29, 0.717) is 22.9 Å². The van der Waals surface area contributed by atoms with Crippen LogP contribution in [0.1, 0.15) is 23.2 Å². The molecule has 2 rings (SSSR count). The zero-order valence-corrected chi connectivity index (χ0v) is 10.7. The Hall–Kier alpha value is -1.56. The van der Waals surface area contributed by atoms with Crippen LogP contribution in [0, 0.1) is 0 Å². The zero-order valence-electron chi connectivity index (χ0n) is 9.89. The number of nitrogens with one attached hydrogen (secondary N) is 1. The Balaban J connectivity index is 2.15. The van der Waals surface area contributed by atoms with Gasteiger partial charge in [-0.15, -0.1) is 0 Å². The summed E-state index contributed by atoms with van der Waals surface area (Å²) >= 11 is 0. The van der Waals surface area contributed by atoms with E-state index < -0.39 is 16.8 Å². The van der Waals surface area contributed by atoms with E-state index in [-0.39, 0.29) is 11.6 Å². The van der Waals surface area contributed by atoms with Gasteiger partial charge in [-0.05, 0) is 31.0 Å². The molecular weight excluding hydrogens is 252 g/mol. The minimum Gasteiger partial charge on any atom is -0.478 e. The van der Waals surface area contributed by atoms with Gasteiger partial charge in [-0.1, -0.05) is 0 Å². The summed E-state index contributed by atoms with van der Waals surface area (Å²) in [5.41, 5.74) is 6.96. The van der Waals surface area contributed by atoms with Gasteiger partial charge in [-0.25, -0.2) is 4.79 Å². The first-order valence-electron chi connectivity index (χ1n) is 5.80. The third kappa shape index (κ3) is 3.01. The van der Waals surface area contributed by atoms with Crippen LogP contribution in [0.25, 0.3) is 0 Å². The molecule has 1 aromatic rings. The van der Waals surface area contributed by atoms with Crippen LogP contribution in [-0.4, -0.2) is 32.8 Å². The van der Waals surface area contributed by atoms with Crippen molar-refractivity contribution in [3.05, 3.63) is 23.8 Å². The predicted molar refractivity (Wildman–Crippen MR) is 72.3 cm³/mol. The predicted octanol–water partition coefficient (Wildman–Crippen LogP) is 1.29. The largest absolute Gasteiger partial charge is 0.478 e. The number of hydrogen-bond donors (Lipinski definition) is 3. The van der Waals surface area contributed by atoms with E-state index in [0.717, 1.165) is 12.8 Å². The van der Waals surface area contributed by atoms with Crippen LogP contribution in [-0.2, 0) is 10.8 Å². The van der Waals surface area contributed by atoms with Crippen LogP contribution in [0.15, 0.2) is 18.2 Å². The lowest BCUT2D eigenvalue weighted by molar-refractivity contribution is 0.0698. The summed E-state index contributed by atoms with van der Waals surface area (Å²) in [5, 5.41) is 12.3. The van der Waals surface area contributed by atoms with Crippen molar-refractivity contribution in [2.45, 2.75) is 18.9 Å². The molecule has 0 radical (unpaired) electrons. The fourth-order valence-electron chi connectivity index (χ4n) is 2.03. The molecule has 1 heterocycles. The molecule has 0 aromatic heterocycles. The molecule has 98 valence electrons. The summed E-state index contributed by atoms with van der Waals surface area (Å²) in [6.45, 7) is 0. The molecule has 6 heteroatoms. The Morgan fingerprint density at radius 3 is 2.67 bits per heavy atom. The molecule has 1 saturated heterocycles. The Morgan fingerprint density at radius 1 is 1.39 bits per heavy atom. The van der Waals surface area contributed by atoms with E-state index in [1.807, 2.05) is 0 Å². The second-order valence-electron chi connectivity index (χ2n) is 4.38. The Labute approximate surface area is 108 Å². The maximum atomic E-state index is 11.3. The molecule has 1 aliphatic rings. The second-order valence-corrected chi connectivity index (χ2v) is 6.07. The third-order valence-electron chi connectivity index (χ3n) is 3.02. The number of anilines is 2. The van der Waals surface area contributed by atoms with E-state index in [1.165, 1.54) is 6.07 Å². The number of rotatable bonds is 3. The van der Waals surface area contributed by atoms with Crippen LogP contribution >= 0.6 is 0 Å². The summed E-state index contributed by atoms with van der Waals surface area (Å²) in [6.07, 6.45) is 1.58. The topological polar surface area (TPSA) is 92.4 Å². The van der Waals surface area contributed by atoms with Crippen molar-refractivity contribution >= 4 is 28.1 Å². The second kappa shape index (κ2) is 5.39. The third-order valence-corrected chi connectivity index (χ3v) is 4.40. The minimum absolute atomic E-state index is 0.169. The number of carbonyl (C=O) groups is 1. The number of carboxylic acid groups (broad SMARTS) is 1. The minimum atomic E-state index is -0.975. The molecule has 5 nitrogen and oxygen atoms in total. The average Bonchev–Trinajstić information content (AvgIpc) is 2.32. The Kier molecular flexibility index (Phi) is 3.86. The molecule has 0 atom stereocenters. The van der Waals surface area contributed by atoms with Gasteiger partial charge in [0.15, 0.2) is 0 Å². The molecule has 0 saturated carbocycles. The molecule has 4 N–H and O–H groups in total. The number of benzene rings is 1. The Morgan fingerprint density at radius 2 is 2.06 bits per heavy atom. The fraction of sp³-hybridized carbons (Fsp3) is 0.417. The SMILES string of the molecule is Nc1ccc(C(=O)O)c(NC2CCS(=O)CC2)c1. The number of carboxylic acids is 1. The first-order valence-corrected chi connectivity index (χ1v) is 7.29. The zero-order chi connectivity index (χ0) is 13.1. The van der Waals surface area contributed by atoms with Gasteiger partial charge in [0.25, 0.3) is 0 Å². The van der Waals surface area contributed by atoms with Crippen LogP contribution in [0.3, 0.4) is 0 Å². The van der Waals surface area contributed by atoms with E-state index in [4.69, 9.17) is 10.8 Å². The van der Waals surface area contributed by atoms with Crippen molar-refractivity contribution in [3.8, 4) is 0 Å². The molecule has 0 bridgehead atoms. The van der Waals surface area contributed by atoms with Crippen molar-refractivity contribution in [2.75, 3.05) is 22.6 Å². The van der Waals surface area contributed by atoms with Crippen molar-refractivity contribution < 1.29 is 14.1 Å². The quantitative estimate of drug-likeness (QED) is 0.718. The van der Waals surface area contributed by atoms with Gasteiger partial charge < -0.3 is 16.2 Å². The molecule has 0 spiro atoms. The molecule has 0 amide bonds. The van der Waals surface area contributed by atoms with Gasteiger partial charge >= 0.3 is 5.97 Å². The summed E-state index contributed by atoms with van der Waals surface area (Å²) in [5.74, 6) is 0.363. The van der Waals surface area contributed by atoms with Gasteiger partial charge in [-0.3, -0.25) is 4.21 Å². The summed E-state index contributed by atoms with van der Waals surface area (Å²) in [6, 6.07) is 4.88. The highest BCUT2D eigenvalue weighted by atomic mass is 32.2. The smallest absolute Gasteiger partial charge is 0.337 e. The highest BCUT2D eigenvalue weighted by Crippen LogP contribution is 2.23. The average molecular weight is 268 g/mol. The first-order chi connectivity index (χ1) is 8.56. The van der Waals surface area contributed by atoms with Gasteiger partial charge in [-0.2, -0.15) is 0 Å². The highest BCUT2D eigenvalue weighted by Gasteiger charge is 2.19. The van der Waals surface area contributed by atoms with Gasteiger partial charge in [0, 0.05) is 34.0 Å². The summed E-state index contributed by atoms with van der Waals surface area (Å²) in [4.78, 5) is 11.1. The standard InChI is InChI=1S/C12H16N2O3S/c13-8-1-2-10(12(15)16)11(7-8)14-9-3-5-18(17)6-4-9/h1-2,7,9,14H,3-6,13H2,(H,15,16). The molecule has 1 fully saturated rings. The molecule has 0 unspecified atom stereocenters. The van der Waals surface area contributed by atoms with E-state index >= 15 is 0 Å². The van der Waals surface area contributed by atoms with Crippen LogP contribution < -0.4 is 11.1 Å². The van der Waals surface area contributed by atoms with E-state index in [1.54, 1.807) is 12.1 Å². The summed E-state index contributed by atoms with van der Waals surface area (Å²) < 4.78 is 11.3. The molecule has 1 aliphatic heterocycles. The van der Waals surface area contributed by atoms with Crippen molar-refractivity contribution in [1.82, 2.24) is 0 Å². The highest BCUT2D eigenvalue weighted by molar-refractivity contribution is 7.85. The molecule has 18 heavy (non-hydrogen) atoms. The maximum Gasteiger partial charge on any atom is 0.337 e. The normalized spacial score (nSPS) is 23.6. The lowest BCUT2D eigenvalue weighted by Gasteiger charge is -2.24. The fourth-order valence-corrected chi connectivity index (χ4v) is 3.32. The van der Waals surface area contributed by atoms with Crippen LogP contribution in [0.2, 0.25) is 0 Å². The van der Waals surface area contributed by atoms with Gasteiger partial charge in [0.05, 0.1) is 11.3 Å². The number of aromatic carboxylic acids is 1. The van der Waals surface area contributed by atoms with Crippen LogP contribution in [0.5, 0.6) is 0 Å².